The van der Waals surface area contributed by atoms with E-state index < -0.39 is 0 Å². The molecular formula is C16H20N2O3. The molecule has 21 heavy (non-hydrogen) atoms. The Bertz CT molecular complexity index is 632. The van der Waals surface area contributed by atoms with E-state index in [1.54, 1.807) is 14.2 Å². The van der Waals surface area contributed by atoms with Gasteiger partial charge in [-0.3, -0.25) is 0 Å². The Hall–Kier alpha value is -2.43. The molecular weight excluding hydrogens is 268 g/mol. The summed E-state index contributed by atoms with van der Waals surface area (Å²) < 4.78 is 16.0. The van der Waals surface area contributed by atoms with E-state index in [0.717, 1.165) is 22.8 Å². The third-order valence-electron chi connectivity index (χ3n) is 3.07. The first kappa shape index (κ1) is 15.0. The maximum Gasteiger partial charge on any atom is 0.161 e. The molecule has 0 saturated heterocycles. The van der Waals surface area contributed by atoms with Gasteiger partial charge in [0.05, 0.1) is 26.5 Å². The molecule has 0 atom stereocenters. The fraction of sp³-hybridized carbons (Fsp3) is 0.312. The van der Waals surface area contributed by atoms with Crippen molar-refractivity contribution in [3.63, 3.8) is 0 Å². The van der Waals surface area contributed by atoms with E-state index >= 15 is 0 Å². The van der Waals surface area contributed by atoms with Crippen LogP contribution in [0.25, 0.3) is 0 Å². The summed E-state index contributed by atoms with van der Waals surface area (Å²) in [6, 6.07) is 9.60. The fourth-order valence-electron chi connectivity index (χ4n) is 1.92. The van der Waals surface area contributed by atoms with Gasteiger partial charge in [-0.25, -0.2) is 0 Å². The molecule has 0 aliphatic carbocycles. The number of hydrogen-bond donors (Lipinski definition) is 1. The molecule has 1 aromatic heterocycles. The summed E-state index contributed by atoms with van der Waals surface area (Å²) in [5, 5.41) is 4.30. The summed E-state index contributed by atoms with van der Waals surface area (Å²) >= 11 is 0. The van der Waals surface area contributed by atoms with Crippen molar-refractivity contribution >= 4 is 5.71 Å². The van der Waals surface area contributed by atoms with Gasteiger partial charge < -0.3 is 19.3 Å². The Morgan fingerprint density at radius 2 is 1.90 bits per heavy atom. The predicted octanol–water partition coefficient (Wildman–Crippen LogP) is 3.12. The van der Waals surface area contributed by atoms with Crippen molar-refractivity contribution in [2.24, 2.45) is 5.10 Å². The van der Waals surface area contributed by atoms with Crippen LogP contribution in [0, 0.1) is 6.92 Å². The van der Waals surface area contributed by atoms with Gasteiger partial charge in [0.2, 0.25) is 0 Å². The number of benzene rings is 1. The zero-order valence-corrected chi connectivity index (χ0v) is 12.8. The lowest BCUT2D eigenvalue weighted by Crippen LogP contribution is -2.09. The van der Waals surface area contributed by atoms with Crippen LogP contribution in [0.2, 0.25) is 0 Å². The van der Waals surface area contributed by atoms with Crippen molar-refractivity contribution in [3.8, 4) is 11.5 Å². The average Bonchev–Trinajstić information content (AvgIpc) is 2.93. The number of hydrogen-bond acceptors (Lipinski definition) is 5. The fourth-order valence-corrected chi connectivity index (χ4v) is 1.92. The summed E-state index contributed by atoms with van der Waals surface area (Å²) in [6.45, 7) is 4.41. The quantitative estimate of drug-likeness (QED) is 0.655. The smallest absolute Gasteiger partial charge is 0.161 e. The second-order valence-electron chi connectivity index (χ2n) is 4.63. The van der Waals surface area contributed by atoms with Gasteiger partial charge in [0.1, 0.15) is 11.5 Å². The zero-order valence-electron chi connectivity index (χ0n) is 12.8. The Balaban J connectivity index is 2.00. The van der Waals surface area contributed by atoms with E-state index in [-0.39, 0.29) is 0 Å². The molecule has 5 heteroatoms. The van der Waals surface area contributed by atoms with Gasteiger partial charge in [-0.05, 0) is 43.7 Å². The Morgan fingerprint density at radius 1 is 1.14 bits per heavy atom. The second kappa shape index (κ2) is 6.83. The van der Waals surface area contributed by atoms with Crippen LogP contribution in [-0.4, -0.2) is 19.9 Å². The Labute approximate surface area is 124 Å². The maximum absolute atomic E-state index is 5.51. The predicted molar refractivity (Wildman–Crippen MR) is 82.0 cm³/mol. The summed E-state index contributed by atoms with van der Waals surface area (Å²) in [4.78, 5) is 0. The number of furan rings is 1. The minimum Gasteiger partial charge on any atom is -0.493 e. The summed E-state index contributed by atoms with van der Waals surface area (Å²) in [6.07, 6.45) is 0. The molecule has 1 N–H and O–H groups in total. The lowest BCUT2D eigenvalue weighted by molar-refractivity contribution is 0.354. The largest absolute Gasteiger partial charge is 0.493 e. The standard InChI is InChI=1S/C16H20N2O3/c1-11-5-7-14(21-11)12(2)18-17-10-13-6-8-15(19-3)16(9-13)20-4/h5-9,17H,10H2,1-4H3/b18-12+. The first-order valence-corrected chi connectivity index (χ1v) is 6.69. The highest BCUT2D eigenvalue weighted by atomic mass is 16.5. The van der Waals surface area contributed by atoms with E-state index in [9.17, 15) is 0 Å². The van der Waals surface area contributed by atoms with Crippen LogP contribution in [-0.2, 0) is 6.54 Å². The summed E-state index contributed by atoms with van der Waals surface area (Å²) in [5.41, 5.74) is 4.89. The highest BCUT2D eigenvalue weighted by Crippen LogP contribution is 2.27. The molecule has 0 aliphatic heterocycles. The van der Waals surface area contributed by atoms with Gasteiger partial charge in [-0.2, -0.15) is 5.10 Å². The highest BCUT2D eigenvalue weighted by molar-refractivity contribution is 5.96. The third kappa shape index (κ3) is 3.78. The van der Waals surface area contributed by atoms with Crippen LogP contribution in [0.15, 0.2) is 39.9 Å². The van der Waals surface area contributed by atoms with Gasteiger partial charge in [0.15, 0.2) is 11.5 Å². The van der Waals surface area contributed by atoms with Crippen LogP contribution in [0.1, 0.15) is 24.0 Å². The molecule has 2 aromatic rings. The normalized spacial score (nSPS) is 11.3. The summed E-state index contributed by atoms with van der Waals surface area (Å²) in [7, 11) is 3.24. The highest BCUT2D eigenvalue weighted by Gasteiger charge is 2.05. The molecule has 112 valence electrons. The monoisotopic (exact) mass is 288 g/mol. The Morgan fingerprint density at radius 3 is 2.52 bits per heavy atom. The van der Waals surface area contributed by atoms with Crippen molar-refractivity contribution in [1.82, 2.24) is 5.43 Å². The maximum atomic E-state index is 5.51. The molecule has 1 heterocycles. The number of methoxy groups -OCH3 is 2. The first-order chi connectivity index (χ1) is 10.1. The van der Waals surface area contributed by atoms with E-state index in [0.29, 0.717) is 18.0 Å². The van der Waals surface area contributed by atoms with Gasteiger partial charge in [0, 0.05) is 0 Å². The van der Waals surface area contributed by atoms with Crippen LogP contribution >= 0.6 is 0 Å². The van der Waals surface area contributed by atoms with Crippen LogP contribution in [0.5, 0.6) is 11.5 Å². The number of aryl methyl sites for hydroxylation is 1. The summed E-state index contributed by atoms with van der Waals surface area (Å²) in [5.74, 6) is 3.07. The van der Waals surface area contributed by atoms with Gasteiger partial charge in [-0.1, -0.05) is 6.07 Å². The van der Waals surface area contributed by atoms with Crippen LogP contribution in [0.4, 0.5) is 0 Å². The SMILES string of the molecule is COc1ccc(CN/N=C(\C)c2ccc(C)o2)cc1OC. The number of nitrogens with zero attached hydrogens (tertiary/aromatic N) is 1. The number of rotatable bonds is 6. The molecule has 0 radical (unpaired) electrons. The van der Waals surface area contributed by atoms with Gasteiger partial charge in [-0.15, -0.1) is 0 Å². The third-order valence-corrected chi connectivity index (χ3v) is 3.07. The molecule has 0 saturated carbocycles. The molecule has 0 aliphatic rings. The van der Waals surface area contributed by atoms with Crippen molar-refractivity contribution < 1.29 is 13.9 Å². The van der Waals surface area contributed by atoms with E-state index in [4.69, 9.17) is 13.9 Å². The average molecular weight is 288 g/mol. The number of hydrazone groups is 1. The minimum absolute atomic E-state index is 0.595. The van der Waals surface area contributed by atoms with Gasteiger partial charge in [0.25, 0.3) is 0 Å². The van der Waals surface area contributed by atoms with Crippen molar-refractivity contribution in [1.29, 1.82) is 0 Å². The molecule has 2 rings (SSSR count). The lowest BCUT2D eigenvalue weighted by Gasteiger charge is -2.09. The van der Waals surface area contributed by atoms with Crippen molar-refractivity contribution in [3.05, 3.63) is 47.4 Å². The second-order valence-corrected chi connectivity index (χ2v) is 4.63. The van der Waals surface area contributed by atoms with Crippen LogP contribution in [0.3, 0.4) is 0 Å². The van der Waals surface area contributed by atoms with E-state index in [2.05, 4.69) is 10.5 Å². The molecule has 0 bridgehead atoms. The molecule has 0 unspecified atom stereocenters. The lowest BCUT2D eigenvalue weighted by atomic mass is 10.2. The molecule has 5 nitrogen and oxygen atoms in total. The van der Waals surface area contributed by atoms with Crippen LogP contribution < -0.4 is 14.9 Å². The Kier molecular flexibility index (Phi) is 4.87. The van der Waals surface area contributed by atoms with Crippen molar-refractivity contribution in [2.45, 2.75) is 20.4 Å². The van der Waals surface area contributed by atoms with E-state index in [1.807, 2.05) is 44.2 Å². The molecule has 0 amide bonds. The van der Waals surface area contributed by atoms with Crippen molar-refractivity contribution in [2.75, 3.05) is 14.2 Å². The minimum atomic E-state index is 0.595. The number of nitrogens with one attached hydrogen (secondary N) is 1. The van der Waals surface area contributed by atoms with Gasteiger partial charge >= 0.3 is 0 Å². The molecule has 0 fully saturated rings. The first-order valence-electron chi connectivity index (χ1n) is 6.69. The molecule has 1 aromatic carbocycles. The number of ether oxygens (including phenoxy) is 2. The molecule has 0 spiro atoms. The topological polar surface area (TPSA) is 56.0 Å². The zero-order chi connectivity index (χ0) is 15.2. The van der Waals surface area contributed by atoms with E-state index in [1.165, 1.54) is 0 Å².